The van der Waals surface area contributed by atoms with Crippen molar-refractivity contribution in [2.24, 2.45) is 0 Å². The van der Waals surface area contributed by atoms with E-state index >= 15 is 0 Å². The molecule has 9 aromatic carbocycles. The van der Waals surface area contributed by atoms with Gasteiger partial charge in [0, 0.05) is 38.6 Å². The number of rotatable bonds is 7. The fraction of sp³-hybridized carbons (Fsp3) is 0.229. The van der Waals surface area contributed by atoms with Crippen molar-refractivity contribution in [2.45, 2.75) is 105 Å². The maximum absolute atomic E-state index is 8.51. The van der Waals surface area contributed by atoms with E-state index in [1.54, 1.807) is 0 Å². The molecule has 1 aliphatic heterocycles. The summed E-state index contributed by atoms with van der Waals surface area (Å²) in [7, 11) is 0. The molecular weight excluding hydrogens is 948 g/mol. The van der Waals surface area contributed by atoms with Crippen molar-refractivity contribution in [2.75, 3.05) is 14.7 Å². The van der Waals surface area contributed by atoms with Crippen LogP contribution >= 0.6 is 11.6 Å². The Morgan fingerprint density at radius 2 is 0.908 bits per heavy atom. The summed E-state index contributed by atoms with van der Waals surface area (Å²) in [6.07, 6.45) is 0. The monoisotopic (exact) mass is 1010 g/mol. The zero-order valence-corrected chi connectivity index (χ0v) is 46.7. The summed E-state index contributed by atoms with van der Waals surface area (Å²) in [6, 6.07) is 68.8. The van der Waals surface area contributed by atoms with Gasteiger partial charge in [0.15, 0.2) is 5.58 Å². The van der Waals surface area contributed by atoms with Gasteiger partial charge in [0.25, 0.3) is 0 Å². The molecule has 1 aliphatic rings. The van der Waals surface area contributed by atoms with E-state index in [0.717, 1.165) is 84.3 Å². The maximum Gasteiger partial charge on any atom is 0.159 e. The molecule has 5 nitrogen and oxygen atoms in total. The van der Waals surface area contributed by atoms with Gasteiger partial charge in [0.1, 0.15) is 5.58 Å². The number of hydrogen-bond acceptors (Lipinski definition) is 4. The van der Waals surface area contributed by atoms with E-state index in [2.05, 4.69) is 284 Å². The molecule has 3 heterocycles. The van der Waals surface area contributed by atoms with Crippen molar-refractivity contribution < 1.29 is 4.42 Å². The second-order valence-electron chi connectivity index (χ2n) is 24.9. The molecule has 0 atom stereocenters. The number of fused-ring (bicyclic) bond motifs is 8. The fourth-order valence-electron chi connectivity index (χ4n) is 11.3. The number of halogens is 1. The first-order valence-corrected chi connectivity index (χ1v) is 27.2. The van der Waals surface area contributed by atoms with Crippen LogP contribution in [0, 0.1) is 0 Å². The normalized spacial score (nSPS) is 13.0. The van der Waals surface area contributed by atoms with Crippen LogP contribution in [0.2, 0.25) is 5.02 Å². The molecule has 0 bridgehead atoms. The molecule has 0 saturated carbocycles. The first-order valence-electron chi connectivity index (χ1n) is 26.8. The molecule has 0 radical (unpaired) electrons. The second-order valence-corrected chi connectivity index (χ2v) is 25.3. The number of anilines is 9. The lowest BCUT2D eigenvalue weighted by Crippen LogP contribution is -2.23. The summed E-state index contributed by atoms with van der Waals surface area (Å²) in [6.45, 7) is 27.6. The molecule has 76 heavy (non-hydrogen) atoms. The van der Waals surface area contributed by atoms with E-state index in [9.17, 15) is 0 Å². The number of benzene rings is 9. The number of aromatic nitrogens is 1. The van der Waals surface area contributed by atoms with Gasteiger partial charge in [-0.25, -0.2) is 0 Å². The van der Waals surface area contributed by atoms with Gasteiger partial charge in [-0.1, -0.05) is 186 Å². The zero-order valence-electron chi connectivity index (χ0n) is 46.0. The van der Waals surface area contributed by atoms with Gasteiger partial charge in [0.2, 0.25) is 0 Å². The molecule has 6 heteroatoms. The Hall–Kier alpha value is -7.73. The minimum Gasteiger partial charge on any atom is -0.454 e. The third-order valence-electron chi connectivity index (χ3n) is 15.5. The Bertz CT molecular complexity index is 4000. The van der Waals surface area contributed by atoms with E-state index in [4.69, 9.17) is 16.0 Å². The van der Waals surface area contributed by atoms with Crippen LogP contribution in [0.15, 0.2) is 192 Å². The number of hydrogen-bond donors (Lipinski definition) is 0. The average molecular weight is 1020 g/mol. The lowest BCUT2D eigenvalue weighted by molar-refractivity contribution is 0.589. The largest absolute Gasteiger partial charge is 0.454 e. The molecule has 0 amide bonds. The minimum absolute atomic E-state index is 0.0456. The molecular formula is C70H67ClN4O. The van der Waals surface area contributed by atoms with Gasteiger partial charge >= 0.3 is 0 Å². The predicted octanol–water partition coefficient (Wildman–Crippen LogP) is 21.2. The maximum atomic E-state index is 8.51. The number of nitrogens with zero attached hydrogens (tertiary/aromatic N) is 4. The van der Waals surface area contributed by atoms with E-state index in [-0.39, 0.29) is 21.7 Å². The van der Waals surface area contributed by atoms with E-state index in [1.807, 2.05) is 6.07 Å². The Labute approximate surface area is 453 Å². The van der Waals surface area contributed by atoms with E-state index < -0.39 is 0 Å². The molecule has 11 aromatic rings. The molecule has 0 fully saturated rings. The molecule has 0 spiro atoms. The van der Waals surface area contributed by atoms with Gasteiger partial charge in [-0.05, 0) is 141 Å². The first-order chi connectivity index (χ1) is 36.1. The highest BCUT2D eigenvalue weighted by Gasteiger charge is 2.36. The van der Waals surface area contributed by atoms with Crippen LogP contribution < -0.4 is 14.7 Å². The zero-order chi connectivity index (χ0) is 53.2. The van der Waals surface area contributed by atoms with E-state index in [1.165, 1.54) is 38.5 Å². The van der Waals surface area contributed by atoms with Crippen molar-refractivity contribution in [1.82, 2.24) is 4.57 Å². The summed E-state index contributed by atoms with van der Waals surface area (Å²) >= 11 is 8.51. The smallest absolute Gasteiger partial charge is 0.159 e. The molecule has 0 aliphatic carbocycles. The quantitative estimate of drug-likeness (QED) is 0.159. The van der Waals surface area contributed by atoms with Crippen LogP contribution in [0.1, 0.15) is 105 Å². The SMILES string of the molecule is CC(C)(C)c1ccc(N(c2cc(N(c3ccccc3)c3ccccc3)cc(N3c4ccc(C(C)(C)C)cc4-n4c5ccc(C(C)(C)C)cc5c5cc(C(C)(C)C)cc3c54)c2Cl)c2cccc3c2oc2ccccc23)cc1. The summed E-state index contributed by atoms with van der Waals surface area (Å²) in [5, 5.41) is 5.16. The van der Waals surface area contributed by atoms with Gasteiger partial charge in [-0.3, -0.25) is 0 Å². The van der Waals surface area contributed by atoms with Gasteiger partial charge in [0.05, 0.1) is 55.9 Å². The molecule has 2 aromatic heterocycles. The molecule has 380 valence electrons. The van der Waals surface area contributed by atoms with Gasteiger partial charge < -0.3 is 23.7 Å². The van der Waals surface area contributed by atoms with Crippen molar-refractivity contribution in [1.29, 1.82) is 0 Å². The number of para-hydroxylation sites is 4. The molecule has 0 saturated heterocycles. The van der Waals surface area contributed by atoms with Gasteiger partial charge in [-0.15, -0.1) is 0 Å². The van der Waals surface area contributed by atoms with Crippen LogP contribution in [-0.2, 0) is 21.7 Å². The highest BCUT2D eigenvalue weighted by atomic mass is 35.5. The summed E-state index contributed by atoms with van der Waals surface area (Å²) < 4.78 is 9.48. The van der Waals surface area contributed by atoms with Gasteiger partial charge in [-0.2, -0.15) is 0 Å². The predicted molar refractivity (Wildman–Crippen MR) is 325 cm³/mol. The Kier molecular flexibility index (Phi) is 11.4. The molecule has 0 N–H and O–H groups in total. The standard InChI is InChI=1S/C70H67ClN4O/c1-67(2,3)44-30-34-50(35-31-44)73(58-28-21-27-53-52-26-19-20-29-63(52)76-66(53)58)60-42-51(72(48-22-15-13-16-23-48)49-24-17-14-18-25-49)43-61(64(60)71)74-57-37-33-46(69(7,8)9)40-59(57)75-56-36-32-45(68(4,5)6)38-54(56)55-39-47(70(10,11)12)41-62(74)65(55)75/h13-43H,1-12H3. The minimum atomic E-state index is -0.182. The van der Waals surface area contributed by atoms with Crippen LogP contribution in [0.4, 0.5) is 51.2 Å². The van der Waals surface area contributed by atoms with E-state index in [0.29, 0.717) is 5.02 Å². The fourth-order valence-corrected chi connectivity index (χ4v) is 11.5. The Morgan fingerprint density at radius 3 is 1.55 bits per heavy atom. The van der Waals surface area contributed by atoms with Crippen molar-refractivity contribution in [3.05, 3.63) is 215 Å². The molecule has 12 rings (SSSR count). The summed E-state index contributed by atoms with van der Waals surface area (Å²) in [4.78, 5) is 7.14. The lowest BCUT2D eigenvalue weighted by Gasteiger charge is -2.38. The van der Waals surface area contributed by atoms with Crippen molar-refractivity contribution in [3.8, 4) is 5.69 Å². The average Bonchev–Trinajstić information content (AvgIpc) is 4.03. The van der Waals surface area contributed by atoms with Crippen LogP contribution in [0.25, 0.3) is 49.4 Å². The third-order valence-corrected chi connectivity index (χ3v) is 15.9. The van der Waals surface area contributed by atoms with Crippen LogP contribution in [0.5, 0.6) is 0 Å². The van der Waals surface area contributed by atoms with Crippen LogP contribution in [-0.4, -0.2) is 4.57 Å². The Morgan fingerprint density at radius 1 is 0.368 bits per heavy atom. The summed E-state index contributed by atoms with van der Waals surface area (Å²) in [5.74, 6) is 0. The Balaban J connectivity index is 1.24. The number of furan rings is 1. The highest BCUT2D eigenvalue weighted by Crippen LogP contribution is 2.57. The third kappa shape index (κ3) is 8.22. The first kappa shape index (κ1) is 49.2. The van der Waals surface area contributed by atoms with Crippen LogP contribution in [0.3, 0.4) is 0 Å². The second kappa shape index (κ2) is 17.7. The highest BCUT2D eigenvalue weighted by molar-refractivity contribution is 6.37. The van der Waals surface area contributed by atoms with Crippen molar-refractivity contribution in [3.63, 3.8) is 0 Å². The van der Waals surface area contributed by atoms with Crippen molar-refractivity contribution >= 4 is 107 Å². The lowest BCUT2D eigenvalue weighted by atomic mass is 9.84. The summed E-state index contributed by atoms with van der Waals surface area (Å²) in [5.41, 5.74) is 18.3. The molecule has 0 unspecified atom stereocenters. The topological polar surface area (TPSA) is 27.8 Å².